The van der Waals surface area contributed by atoms with Gasteiger partial charge in [0, 0.05) is 30.7 Å². The third-order valence-electron chi connectivity index (χ3n) is 4.05. The van der Waals surface area contributed by atoms with Gasteiger partial charge in [0.05, 0.1) is 5.69 Å². The van der Waals surface area contributed by atoms with E-state index in [0.29, 0.717) is 12.3 Å². The smallest absolute Gasteiger partial charge is 0.319 e. The molecule has 0 saturated heterocycles. The van der Waals surface area contributed by atoms with Crippen LogP contribution in [0, 0.1) is 11.7 Å². The van der Waals surface area contributed by atoms with Crippen LogP contribution in [0.5, 0.6) is 0 Å². The Hall–Kier alpha value is -2.34. The van der Waals surface area contributed by atoms with Crippen molar-refractivity contribution >= 4 is 11.7 Å². The van der Waals surface area contributed by atoms with Crippen molar-refractivity contribution in [1.82, 2.24) is 9.88 Å². The highest BCUT2D eigenvalue weighted by molar-refractivity contribution is 5.90. The minimum Gasteiger partial charge on any atom is -0.396 e. The second kappa shape index (κ2) is 6.83. The highest BCUT2D eigenvalue weighted by Crippen LogP contribution is 2.34. The molecule has 0 radical (unpaired) electrons. The highest BCUT2D eigenvalue weighted by Gasteiger charge is 2.31. The van der Waals surface area contributed by atoms with Crippen LogP contribution in [0.25, 0.3) is 5.69 Å². The zero-order chi connectivity index (χ0) is 16.2. The molecule has 1 aliphatic carbocycles. The van der Waals surface area contributed by atoms with Gasteiger partial charge >= 0.3 is 6.03 Å². The normalized spacial score (nSPS) is 15.2. The van der Waals surface area contributed by atoms with Crippen LogP contribution in [-0.2, 0) is 0 Å². The largest absolute Gasteiger partial charge is 0.396 e. The van der Waals surface area contributed by atoms with E-state index in [9.17, 15) is 9.18 Å². The third kappa shape index (κ3) is 3.90. The lowest BCUT2D eigenvalue weighted by Gasteiger charge is -2.18. The summed E-state index contributed by atoms with van der Waals surface area (Å²) in [4.78, 5) is 12.1. The lowest BCUT2D eigenvalue weighted by molar-refractivity contribution is 0.234. The Labute approximate surface area is 134 Å². The highest BCUT2D eigenvalue weighted by atomic mass is 19.1. The predicted octanol–water partition coefficient (Wildman–Crippen LogP) is 2.90. The zero-order valence-corrected chi connectivity index (χ0v) is 12.7. The molecular weight excluding hydrogens is 297 g/mol. The molecule has 1 atom stereocenters. The molecule has 23 heavy (non-hydrogen) atoms. The van der Waals surface area contributed by atoms with Gasteiger partial charge in [-0.15, -0.1) is 0 Å². The van der Waals surface area contributed by atoms with Crippen LogP contribution in [0.1, 0.15) is 19.3 Å². The second-order valence-electron chi connectivity index (χ2n) is 5.81. The topological polar surface area (TPSA) is 66.3 Å². The first-order valence-electron chi connectivity index (χ1n) is 7.78. The number of aromatic nitrogens is 1. The number of hydrogen-bond acceptors (Lipinski definition) is 2. The standard InChI is InChI=1S/C17H20FN3O2/c18-14-6-5-13(21-8-1-2-9-21)11-16(14)20-17(23)19-15(7-10-22)12-3-4-12/h1-2,5-6,8-9,11-12,15,22H,3-4,7,10H2,(H2,19,20,23)/t15-/m1/s1. The summed E-state index contributed by atoms with van der Waals surface area (Å²) in [6.45, 7) is 0.0267. The lowest BCUT2D eigenvalue weighted by Crippen LogP contribution is -2.40. The zero-order valence-electron chi connectivity index (χ0n) is 12.7. The predicted molar refractivity (Wildman–Crippen MR) is 86.1 cm³/mol. The van der Waals surface area contributed by atoms with Gasteiger partial charge in [-0.25, -0.2) is 9.18 Å². The fourth-order valence-corrected chi connectivity index (χ4v) is 2.67. The molecule has 3 N–H and O–H groups in total. The molecule has 1 fully saturated rings. The van der Waals surface area contributed by atoms with Crippen molar-refractivity contribution in [2.75, 3.05) is 11.9 Å². The minimum absolute atomic E-state index is 0.0267. The summed E-state index contributed by atoms with van der Waals surface area (Å²) in [6, 6.07) is 7.81. The molecule has 6 heteroatoms. The maximum absolute atomic E-state index is 13.9. The molecule has 0 unspecified atom stereocenters. The van der Waals surface area contributed by atoms with E-state index in [4.69, 9.17) is 5.11 Å². The fourth-order valence-electron chi connectivity index (χ4n) is 2.67. The van der Waals surface area contributed by atoms with Crippen molar-refractivity contribution in [3.63, 3.8) is 0 Å². The number of carbonyl (C=O) groups is 1. The van der Waals surface area contributed by atoms with Crippen molar-refractivity contribution in [3.8, 4) is 5.69 Å². The van der Waals surface area contributed by atoms with Crippen molar-refractivity contribution in [2.45, 2.75) is 25.3 Å². The minimum atomic E-state index is -0.485. The summed E-state index contributed by atoms with van der Waals surface area (Å²) >= 11 is 0. The molecule has 1 heterocycles. The quantitative estimate of drug-likeness (QED) is 0.767. The van der Waals surface area contributed by atoms with Gasteiger partial charge in [-0.1, -0.05) is 0 Å². The van der Waals surface area contributed by atoms with Crippen LogP contribution < -0.4 is 10.6 Å². The average Bonchev–Trinajstić information content (AvgIpc) is 3.24. The van der Waals surface area contributed by atoms with E-state index in [1.54, 1.807) is 12.1 Å². The molecule has 0 aliphatic heterocycles. The maximum Gasteiger partial charge on any atom is 0.319 e. The van der Waals surface area contributed by atoms with Gasteiger partial charge in [0.15, 0.2) is 0 Å². The first kappa shape index (κ1) is 15.6. The molecule has 1 aliphatic rings. The number of urea groups is 1. The lowest BCUT2D eigenvalue weighted by atomic mass is 10.1. The summed E-state index contributed by atoms with van der Waals surface area (Å²) < 4.78 is 15.8. The molecule has 1 aromatic heterocycles. The number of rotatable bonds is 6. The fraction of sp³-hybridized carbons (Fsp3) is 0.353. The van der Waals surface area contributed by atoms with Crippen molar-refractivity contribution in [3.05, 3.63) is 48.5 Å². The number of aliphatic hydroxyl groups is 1. The van der Waals surface area contributed by atoms with E-state index in [1.807, 2.05) is 29.1 Å². The molecule has 0 bridgehead atoms. The number of carbonyl (C=O) groups excluding carboxylic acids is 1. The van der Waals surface area contributed by atoms with Crippen molar-refractivity contribution < 1.29 is 14.3 Å². The van der Waals surface area contributed by atoms with Gasteiger partial charge in [0.2, 0.25) is 0 Å². The Morgan fingerprint density at radius 3 is 2.74 bits per heavy atom. The van der Waals surface area contributed by atoms with Gasteiger partial charge in [0.1, 0.15) is 5.82 Å². The Balaban J connectivity index is 1.69. The van der Waals surface area contributed by atoms with E-state index < -0.39 is 11.8 Å². The van der Waals surface area contributed by atoms with Crippen LogP contribution >= 0.6 is 0 Å². The van der Waals surface area contributed by atoms with Gasteiger partial charge in [-0.05, 0) is 55.5 Å². The Morgan fingerprint density at radius 2 is 2.09 bits per heavy atom. The Morgan fingerprint density at radius 1 is 1.35 bits per heavy atom. The molecule has 0 spiro atoms. The molecule has 122 valence electrons. The van der Waals surface area contributed by atoms with Crippen LogP contribution in [0.4, 0.5) is 14.9 Å². The van der Waals surface area contributed by atoms with E-state index in [0.717, 1.165) is 18.5 Å². The Bertz CT molecular complexity index is 668. The average molecular weight is 317 g/mol. The van der Waals surface area contributed by atoms with Gasteiger partial charge in [0.25, 0.3) is 0 Å². The van der Waals surface area contributed by atoms with E-state index in [1.165, 1.54) is 6.07 Å². The van der Waals surface area contributed by atoms with E-state index in [-0.39, 0.29) is 18.3 Å². The number of anilines is 1. The summed E-state index contributed by atoms with van der Waals surface area (Å²) in [7, 11) is 0. The number of nitrogens with zero attached hydrogens (tertiary/aromatic N) is 1. The van der Waals surface area contributed by atoms with Crippen molar-refractivity contribution in [1.29, 1.82) is 0 Å². The SMILES string of the molecule is O=C(Nc1cc(-n2cccc2)ccc1F)N[C@H](CCO)C1CC1. The molecule has 1 aromatic carbocycles. The number of benzene rings is 1. The van der Waals surface area contributed by atoms with Crippen LogP contribution in [0.15, 0.2) is 42.7 Å². The molecule has 2 aromatic rings. The Kier molecular flexibility index (Phi) is 4.62. The van der Waals surface area contributed by atoms with Gasteiger partial charge < -0.3 is 20.3 Å². The number of halogens is 1. The number of nitrogens with one attached hydrogen (secondary N) is 2. The monoisotopic (exact) mass is 317 g/mol. The van der Waals surface area contributed by atoms with E-state index in [2.05, 4.69) is 10.6 Å². The number of aliphatic hydroxyl groups excluding tert-OH is 1. The molecule has 2 amide bonds. The number of amides is 2. The van der Waals surface area contributed by atoms with Gasteiger partial charge in [-0.2, -0.15) is 0 Å². The maximum atomic E-state index is 13.9. The van der Waals surface area contributed by atoms with Crippen LogP contribution in [-0.4, -0.2) is 28.4 Å². The summed E-state index contributed by atoms with van der Waals surface area (Å²) in [5, 5.41) is 14.5. The summed E-state index contributed by atoms with van der Waals surface area (Å²) in [6.07, 6.45) is 6.33. The molecule has 5 nitrogen and oxygen atoms in total. The third-order valence-corrected chi connectivity index (χ3v) is 4.05. The molecule has 3 rings (SSSR count). The first-order chi connectivity index (χ1) is 11.2. The number of hydrogen-bond donors (Lipinski definition) is 3. The summed E-state index contributed by atoms with van der Waals surface area (Å²) in [5.41, 5.74) is 0.896. The summed E-state index contributed by atoms with van der Waals surface area (Å²) in [5.74, 6) is -0.0647. The molecular formula is C17H20FN3O2. The second-order valence-corrected chi connectivity index (χ2v) is 5.81. The van der Waals surface area contributed by atoms with E-state index >= 15 is 0 Å². The molecule has 1 saturated carbocycles. The first-order valence-corrected chi connectivity index (χ1v) is 7.78. The van der Waals surface area contributed by atoms with Gasteiger partial charge in [-0.3, -0.25) is 0 Å². The van der Waals surface area contributed by atoms with Crippen molar-refractivity contribution in [2.24, 2.45) is 5.92 Å². The van der Waals surface area contributed by atoms with Crippen LogP contribution in [0.2, 0.25) is 0 Å². The van der Waals surface area contributed by atoms with Crippen LogP contribution in [0.3, 0.4) is 0 Å².